The van der Waals surface area contributed by atoms with Crippen LogP contribution >= 0.6 is 0 Å². The summed E-state index contributed by atoms with van der Waals surface area (Å²) in [6.45, 7) is 1.53. The van der Waals surface area contributed by atoms with Crippen molar-refractivity contribution in [1.82, 2.24) is 9.38 Å². The molecule has 2 rings (SSSR count). The average Bonchev–Trinajstić information content (AvgIpc) is 2.74. The summed E-state index contributed by atoms with van der Waals surface area (Å²) in [7, 11) is 0. The van der Waals surface area contributed by atoms with Crippen LogP contribution in [0.2, 0.25) is 0 Å². The molecule has 0 aliphatic rings. The number of nitrogens with zero attached hydrogens (tertiary/aromatic N) is 2. The fourth-order valence-corrected chi connectivity index (χ4v) is 1.63. The van der Waals surface area contributed by atoms with Crippen LogP contribution < -0.4 is 0 Å². The van der Waals surface area contributed by atoms with Gasteiger partial charge in [0.25, 0.3) is 0 Å². The molecule has 2 heterocycles. The second kappa shape index (κ2) is 4.32. The summed E-state index contributed by atoms with van der Waals surface area (Å²) in [6, 6.07) is 2.10. The number of hydrogen-bond donors (Lipinski definition) is 0. The van der Waals surface area contributed by atoms with Gasteiger partial charge in [-0.1, -0.05) is 0 Å². The van der Waals surface area contributed by atoms with Crippen LogP contribution in [0.1, 0.15) is 23.0 Å². The minimum absolute atomic E-state index is 0.00121. The number of halogens is 3. The Bertz CT molecular complexity index is 589. The molecule has 2 aromatic rings. The van der Waals surface area contributed by atoms with E-state index in [1.807, 2.05) is 0 Å². The van der Waals surface area contributed by atoms with Gasteiger partial charge < -0.3 is 4.74 Å². The highest BCUT2D eigenvalue weighted by atomic mass is 19.4. The van der Waals surface area contributed by atoms with Gasteiger partial charge in [0, 0.05) is 0 Å². The van der Waals surface area contributed by atoms with Crippen molar-refractivity contribution in [1.29, 1.82) is 0 Å². The molecule has 7 heteroatoms. The lowest BCUT2D eigenvalue weighted by molar-refractivity contribution is -0.138. The predicted octanol–water partition coefficient (Wildman–Crippen LogP) is 2.53. The van der Waals surface area contributed by atoms with Crippen molar-refractivity contribution in [3.63, 3.8) is 0 Å². The summed E-state index contributed by atoms with van der Waals surface area (Å²) in [4.78, 5) is 15.4. The first-order valence-electron chi connectivity index (χ1n) is 5.14. The number of carbonyl (C=O) groups is 1. The molecule has 96 valence electrons. The van der Waals surface area contributed by atoms with E-state index in [9.17, 15) is 18.0 Å². The first kappa shape index (κ1) is 12.4. The molecule has 0 aliphatic carbocycles. The van der Waals surface area contributed by atoms with E-state index in [0.29, 0.717) is 5.52 Å². The molecular weight excluding hydrogens is 249 g/mol. The maximum atomic E-state index is 12.8. The summed E-state index contributed by atoms with van der Waals surface area (Å²) in [5.41, 5.74) is -1.20. The second-order valence-electron chi connectivity index (χ2n) is 3.50. The number of aromatic nitrogens is 2. The van der Waals surface area contributed by atoms with Gasteiger partial charge in [-0.3, -0.25) is 4.40 Å². The van der Waals surface area contributed by atoms with Crippen molar-refractivity contribution in [2.45, 2.75) is 13.1 Å². The standard InChI is InChI=1S/C11H9F3N2O2/c1-2-18-10(17)9-8(11(12,13)14)4-3-7-5-15-6-16(7)9/h3-6H,2H2,1H3. The topological polar surface area (TPSA) is 43.6 Å². The van der Waals surface area contributed by atoms with Crippen LogP contribution in [0.4, 0.5) is 13.2 Å². The maximum absolute atomic E-state index is 12.8. The molecule has 0 aromatic carbocycles. The Kier molecular flexibility index (Phi) is 2.98. The highest BCUT2D eigenvalue weighted by molar-refractivity contribution is 5.90. The average molecular weight is 258 g/mol. The lowest BCUT2D eigenvalue weighted by atomic mass is 10.1. The van der Waals surface area contributed by atoms with Crippen LogP contribution in [0.3, 0.4) is 0 Å². The van der Waals surface area contributed by atoms with Gasteiger partial charge in [0.05, 0.1) is 30.2 Å². The highest BCUT2D eigenvalue weighted by Gasteiger charge is 2.37. The van der Waals surface area contributed by atoms with E-state index < -0.39 is 23.4 Å². The molecule has 0 fully saturated rings. The van der Waals surface area contributed by atoms with Gasteiger partial charge in [0.15, 0.2) is 0 Å². The van der Waals surface area contributed by atoms with Crippen LogP contribution in [0, 0.1) is 0 Å². The molecule has 2 aromatic heterocycles. The van der Waals surface area contributed by atoms with Gasteiger partial charge in [0.1, 0.15) is 5.69 Å². The fraction of sp³-hybridized carbons (Fsp3) is 0.273. The Labute approximate surface area is 100 Å². The van der Waals surface area contributed by atoms with E-state index in [4.69, 9.17) is 0 Å². The third-order valence-electron chi connectivity index (χ3n) is 2.36. The monoisotopic (exact) mass is 258 g/mol. The van der Waals surface area contributed by atoms with Crippen molar-refractivity contribution < 1.29 is 22.7 Å². The van der Waals surface area contributed by atoms with Crippen molar-refractivity contribution in [2.75, 3.05) is 6.61 Å². The molecule has 0 spiro atoms. The van der Waals surface area contributed by atoms with Crippen LogP contribution in [0.5, 0.6) is 0 Å². The smallest absolute Gasteiger partial charge is 0.418 e. The van der Waals surface area contributed by atoms with E-state index in [1.165, 1.54) is 19.2 Å². The lowest BCUT2D eigenvalue weighted by Gasteiger charge is -2.13. The minimum Gasteiger partial charge on any atom is -0.461 e. The quantitative estimate of drug-likeness (QED) is 0.777. The molecular formula is C11H9F3N2O2. The minimum atomic E-state index is -4.62. The predicted molar refractivity (Wildman–Crippen MR) is 56.2 cm³/mol. The van der Waals surface area contributed by atoms with Crippen molar-refractivity contribution >= 4 is 11.5 Å². The Balaban J connectivity index is 2.70. The van der Waals surface area contributed by atoms with Gasteiger partial charge in [-0.25, -0.2) is 9.78 Å². The molecule has 0 saturated heterocycles. The van der Waals surface area contributed by atoms with E-state index >= 15 is 0 Å². The highest BCUT2D eigenvalue weighted by Crippen LogP contribution is 2.32. The molecule has 0 amide bonds. The van der Waals surface area contributed by atoms with Gasteiger partial charge in [0.2, 0.25) is 0 Å². The third-order valence-corrected chi connectivity index (χ3v) is 2.36. The Morgan fingerprint density at radius 3 is 2.78 bits per heavy atom. The number of ether oxygens (including phenoxy) is 1. The zero-order chi connectivity index (χ0) is 13.3. The fourth-order valence-electron chi connectivity index (χ4n) is 1.63. The number of hydrogen-bond acceptors (Lipinski definition) is 3. The molecule has 0 atom stereocenters. The van der Waals surface area contributed by atoms with Gasteiger partial charge in [-0.05, 0) is 19.1 Å². The lowest BCUT2D eigenvalue weighted by Crippen LogP contribution is -2.18. The largest absolute Gasteiger partial charge is 0.461 e. The Hall–Kier alpha value is -2.05. The van der Waals surface area contributed by atoms with Crippen LogP contribution in [0.15, 0.2) is 24.7 Å². The Morgan fingerprint density at radius 1 is 1.44 bits per heavy atom. The van der Waals surface area contributed by atoms with Gasteiger partial charge in [-0.2, -0.15) is 13.2 Å². The number of pyridine rings is 1. The van der Waals surface area contributed by atoms with E-state index in [-0.39, 0.29) is 6.61 Å². The molecule has 4 nitrogen and oxygen atoms in total. The van der Waals surface area contributed by atoms with Crippen molar-refractivity contribution in [3.05, 3.63) is 35.9 Å². The molecule has 18 heavy (non-hydrogen) atoms. The zero-order valence-corrected chi connectivity index (χ0v) is 9.36. The van der Waals surface area contributed by atoms with Crippen molar-refractivity contribution in [3.8, 4) is 0 Å². The summed E-state index contributed by atoms with van der Waals surface area (Å²) in [5, 5.41) is 0. The van der Waals surface area contributed by atoms with Crippen molar-refractivity contribution in [2.24, 2.45) is 0 Å². The maximum Gasteiger partial charge on any atom is 0.418 e. The van der Waals surface area contributed by atoms with E-state index in [0.717, 1.165) is 16.8 Å². The Morgan fingerprint density at radius 2 is 2.17 bits per heavy atom. The normalized spacial score (nSPS) is 11.8. The summed E-state index contributed by atoms with van der Waals surface area (Å²) >= 11 is 0. The van der Waals surface area contributed by atoms with Crippen LogP contribution in [-0.4, -0.2) is 22.0 Å². The summed E-state index contributed by atoms with van der Waals surface area (Å²) < 4.78 is 44.2. The second-order valence-corrected chi connectivity index (χ2v) is 3.50. The summed E-state index contributed by atoms with van der Waals surface area (Å²) in [6.07, 6.45) is -2.11. The van der Waals surface area contributed by atoms with E-state index in [1.54, 1.807) is 0 Å². The number of fused-ring (bicyclic) bond motifs is 1. The first-order valence-corrected chi connectivity index (χ1v) is 5.14. The SMILES string of the molecule is CCOC(=O)c1c(C(F)(F)F)ccc2cncn12. The molecule has 0 aliphatic heterocycles. The third kappa shape index (κ3) is 2.03. The number of imidazole rings is 1. The zero-order valence-electron chi connectivity index (χ0n) is 9.36. The first-order chi connectivity index (χ1) is 8.45. The number of carbonyl (C=O) groups excluding carboxylic acids is 1. The summed E-state index contributed by atoms with van der Waals surface area (Å²) in [5.74, 6) is -1.02. The number of esters is 1. The molecule has 0 saturated carbocycles. The van der Waals surface area contributed by atoms with Gasteiger partial charge >= 0.3 is 12.1 Å². The molecule has 0 bridgehead atoms. The van der Waals surface area contributed by atoms with Crippen LogP contribution in [0.25, 0.3) is 5.52 Å². The number of alkyl halides is 3. The molecule has 0 N–H and O–H groups in total. The van der Waals surface area contributed by atoms with E-state index in [2.05, 4.69) is 9.72 Å². The molecule has 0 unspecified atom stereocenters. The number of rotatable bonds is 2. The van der Waals surface area contributed by atoms with Crippen LogP contribution in [-0.2, 0) is 10.9 Å². The molecule has 0 radical (unpaired) electrons. The van der Waals surface area contributed by atoms with Gasteiger partial charge in [-0.15, -0.1) is 0 Å².